The molecule has 7 nitrogen and oxygen atoms in total. The van der Waals surface area contributed by atoms with E-state index in [2.05, 4.69) is 15.6 Å². The van der Waals surface area contributed by atoms with Crippen LogP contribution in [0.5, 0.6) is 11.5 Å². The van der Waals surface area contributed by atoms with Crippen molar-refractivity contribution in [2.24, 2.45) is 4.99 Å². The van der Waals surface area contributed by atoms with E-state index in [4.69, 9.17) is 18.6 Å². The molecule has 0 unspecified atom stereocenters. The molecule has 1 heterocycles. The van der Waals surface area contributed by atoms with Crippen LogP contribution in [-0.4, -0.2) is 40.4 Å². The maximum absolute atomic E-state index is 5.55. The lowest BCUT2D eigenvalue weighted by molar-refractivity contribution is 0.105. The van der Waals surface area contributed by atoms with Crippen molar-refractivity contribution in [2.75, 3.05) is 34.4 Å². The van der Waals surface area contributed by atoms with E-state index in [-0.39, 0.29) is 0 Å². The lowest BCUT2D eigenvalue weighted by Gasteiger charge is -2.15. The van der Waals surface area contributed by atoms with Crippen LogP contribution in [0.4, 0.5) is 0 Å². The van der Waals surface area contributed by atoms with Crippen molar-refractivity contribution >= 4 is 5.96 Å². The van der Waals surface area contributed by atoms with E-state index in [1.165, 1.54) is 0 Å². The van der Waals surface area contributed by atoms with Gasteiger partial charge in [-0.3, -0.25) is 4.99 Å². The van der Waals surface area contributed by atoms with Crippen molar-refractivity contribution in [1.29, 1.82) is 0 Å². The van der Waals surface area contributed by atoms with Crippen LogP contribution >= 0.6 is 0 Å². The summed E-state index contributed by atoms with van der Waals surface area (Å²) in [6.07, 6.45) is 2.51. The molecule has 0 saturated heterocycles. The number of hydrogen-bond donors (Lipinski definition) is 2. The van der Waals surface area contributed by atoms with Gasteiger partial charge < -0.3 is 29.3 Å². The van der Waals surface area contributed by atoms with Crippen LogP contribution in [0.15, 0.2) is 46.0 Å². The van der Waals surface area contributed by atoms with Gasteiger partial charge in [-0.25, -0.2) is 0 Å². The third kappa shape index (κ3) is 6.00. The molecule has 2 rings (SSSR count). The van der Waals surface area contributed by atoms with Gasteiger partial charge >= 0.3 is 0 Å². The molecule has 0 saturated carbocycles. The topological polar surface area (TPSA) is 77.3 Å². The number of guanidine groups is 1. The summed E-state index contributed by atoms with van der Waals surface area (Å²) >= 11 is 0. The highest BCUT2D eigenvalue weighted by molar-refractivity contribution is 5.79. The standard InChI is InChI=1S/C19H27N3O4/c1-20-19(21-10-6-11-25-14-16-8-5-12-26-16)22-13-15-7-4-9-17(23-2)18(15)24-3/h4-5,7-9,12H,6,10-11,13-14H2,1-3H3,(H2,20,21,22). The molecule has 0 radical (unpaired) electrons. The zero-order chi connectivity index (χ0) is 18.6. The molecule has 7 heteroatoms. The minimum Gasteiger partial charge on any atom is -0.493 e. The molecule has 142 valence electrons. The van der Waals surface area contributed by atoms with Crippen molar-refractivity contribution in [1.82, 2.24) is 10.6 Å². The molecule has 2 aromatic rings. The highest BCUT2D eigenvalue weighted by atomic mass is 16.5. The van der Waals surface area contributed by atoms with Gasteiger partial charge in [0.15, 0.2) is 17.5 Å². The zero-order valence-electron chi connectivity index (χ0n) is 15.6. The molecule has 0 atom stereocenters. The summed E-state index contributed by atoms with van der Waals surface area (Å²) in [5, 5.41) is 6.54. The highest BCUT2D eigenvalue weighted by Crippen LogP contribution is 2.30. The summed E-state index contributed by atoms with van der Waals surface area (Å²) in [4.78, 5) is 4.23. The number of methoxy groups -OCH3 is 2. The van der Waals surface area contributed by atoms with Gasteiger partial charge in [-0.15, -0.1) is 0 Å². The van der Waals surface area contributed by atoms with Gasteiger partial charge in [0, 0.05) is 32.3 Å². The number of nitrogens with one attached hydrogen (secondary N) is 2. The van der Waals surface area contributed by atoms with E-state index in [1.807, 2.05) is 30.3 Å². The Morgan fingerprint density at radius 1 is 1.12 bits per heavy atom. The molecule has 0 aliphatic carbocycles. The van der Waals surface area contributed by atoms with Crippen LogP contribution in [0, 0.1) is 0 Å². The lowest BCUT2D eigenvalue weighted by Crippen LogP contribution is -2.37. The number of rotatable bonds is 10. The maximum Gasteiger partial charge on any atom is 0.191 e. The first kappa shape index (κ1) is 19.7. The van der Waals surface area contributed by atoms with Gasteiger partial charge in [-0.1, -0.05) is 12.1 Å². The second-order valence-electron chi connectivity index (χ2n) is 5.49. The predicted octanol–water partition coefficient (Wildman–Crippen LogP) is 2.57. The molecule has 0 amide bonds. The van der Waals surface area contributed by atoms with E-state index in [1.54, 1.807) is 27.5 Å². The Morgan fingerprint density at radius 3 is 2.69 bits per heavy atom. The Morgan fingerprint density at radius 2 is 2.00 bits per heavy atom. The largest absolute Gasteiger partial charge is 0.493 e. The molecule has 0 bridgehead atoms. The van der Waals surface area contributed by atoms with Crippen LogP contribution in [0.2, 0.25) is 0 Å². The summed E-state index contributed by atoms with van der Waals surface area (Å²) in [6.45, 7) is 2.48. The van der Waals surface area contributed by atoms with Gasteiger partial charge in [-0.2, -0.15) is 0 Å². The number of ether oxygens (including phenoxy) is 3. The van der Waals surface area contributed by atoms with Gasteiger partial charge in [0.05, 0.1) is 20.5 Å². The molecular weight excluding hydrogens is 334 g/mol. The Hall–Kier alpha value is -2.67. The number of benzene rings is 1. The van der Waals surface area contributed by atoms with Crippen LogP contribution in [0.3, 0.4) is 0 Å². The first-order chi connectivity index (χ1) is 12.8. The molecule has 0 aliphatic heterocycles. The normalized spacial score (nSPS) is 11.3. The second kappa shape index (κ2) is 11.0. The van der Waals surface area contributed by atoms with Crippen LogP contribution in [0.1, 0.15) is 17.7 Å². The first-order valence-corrected chi connectivity index (χ1v) is 8.53. The highest BCUT2D eigenvalue weighted by Gasteiger charge is 2.09. The number of hydrogen-bond acceptors (Lipinski definition) is 5. The third-order valence-corrected chi connectivity index (χ3v) is 3.74. The molecule has 0 spiro atoms. The zero-order valence-corrected chi connectivity index (χ0v) is 15.6. The minimum absolute atomic E-state index is 0.496. The van der Waals surface area contributed by atoms with Gasteiger partial charge in [0.1, 0.15) is 12.4 Å². The predicted molar refractivity (Wildman–Crippen MR) is 101 cm³/mol. The van der Waals surface area contributed by atoms with Gasteiger partial charge in [0.25, 0.3) is 0 Å². The average molecular weight is 361 g/mol. The monoisotopic (exact) mass is 361 g/mol. The fourth-order valence-corrected chi connectivity index (χ4v) is 2.44. The molecule has 26 heavy (non-hydrogen) atoms. The number of para-hydroxylation sites is 1. The molecule has 0 fully saturated rings. The second-order valence-corrected chi connectivity index (χ2v) is 5.49. The Bertz CT molecular complexity index is 671. The van der Waals surface area contributed by atoms with Crippen LogP contribution in [0.25, 0.3) is 0 Å². The fourth-order valence-electron chi connectivity index (χ4n) is 2.44. The number of aliphatic imine (C=N–C) groups is 1. The Balaban J connectivity index is 1.69. The van der Waals surface area contributed by atoms with Crippen molar-refractivity contribution in [3.8, 4) is 11.5 Å². The van der Waals surface area contributed by atoms with E-state index >= 15 is 0 Å². The van der Waals surface area contributed by atoms with Gasteiger partial charge in [0.2, 0.25) is 0 Å². The van der Waals surface area contributed by atoms with E-state index < -0.39 is 0 Å². The smallest absolute Gasteiger partial charge is 0.191 e. The van der Waals surface area contributed by atoms with Crippen molar-refractivity contribution in [2.45, 2.75) is 19.6 Å². The summed E-state index contributed by atoms with van der Waals surface area (Å²) in [6, 6.07) is 9.55. The summed E-state index contributed by atoms with van der Waals surface area (Å²) in [5.41, 5.74) is 0.997. The van der Waals surface area contributed by atoms with E-state index in [9.17, 15) is 0 Å². The minimum atomic E-state index is 0.496. The lowest BCUT2D eigenvalue weighted by atomic mass is 10.2. The molecule has 0 aliphatic rings. The van der Waals surface area contributed by atoms with Gasteiger partial charge in [-0.05, 0) is 24.6 Å². The summed E-state index contributed by atoms with van der Waals surface area (Å²) in [5.74, 6) is 3.00. The van der Waals surface area contributed by atoms with Crippen molar-refractivity contribution < 1.29 is 18.6 Å². The maximum atomic E-state index is 5.55. The SMILES string of the molecule is CN=C(NCCCOCc1ccco1)NCc1cccc(OC)c1OC. The van der Waals surface area contributed by atoms with Crippen LogP contribution in [-0.2, 0) is 17.9 Å². The Kier molecular flexibility index (Phi) is 8.35. The number of nitrogens with zero attached hydrogens (tertiary/aromatic N) is 1. The Labute approximate surface area is 154 Å². The molecule has 1 aromatic carbocycles. The molecule has 1 aromatic heterocycles. The average Bonchev–Trinajstić information content (AvgIpc) is 3.19. The third-order valence-electron chi connectivity index (χ3n) is 3.74. The van der Waals surface area contributed by atoms with Crippen molar-refractivity contribution in [3.05, 3.63) is 47.9 Å². The fraction of sp³-hybridized carbons (Fsp3) is 0.421. The van der Waals surface area contributed by atoms with Crippen LogP contribution < -0.4 is 20.1 Å². The summed E-state index contributed by atoms with van der Waals surface area (Å²) in [7, 11) is 5.01. The van der Waals surface area contributed by atoms with Crippen molar-refractivity contribution in [3.63, 3.8) is 0 Å². The first-order valence-electron chi connectivity index (χ1n) is 8.53. The number of furan rings is 1. The van der Waals surface area contributed by atoms with E-state index in [0.717, 1.165) is 36.0 Å². The quantitative estimate of drug-likeness (QED) is 0.385. The molecular formula is C19H27N3O4. The molecule has 2 N–H and O–H groups in total. The van der Waals surface area contributed by atoms with E-state index in [0.29, 0.717) is 25.5 Å². The summed E-state index contributed by atoms with van der Waals surface area (Å²) < 4.78 is 21.5.